The highest BCUT2D eigenvalue weighted by atomic mass is 35.5. The predicted molar refractivity (Wildman–Crippen MR) is 134 cm³/mol. The van der Waals surface area contributed by atoms with E-state index in [1.54, 1.807) is 0 Å². The van der Waals surface area contributed by atoms with Gasteiger partial charge < -0.3 is 24.3 Å². The van der Waals surface area contributed by atoms with E-state index in [0.29, 0.717) is 5.75 Å². The Hall–Kier alpha value is -3.02. The Labute approximate surface area is 215 Å². The molecule has 1 fully saturated rings. The molecule has 10 nitrogen and oxygen atoms in total. The van der Waals surface area contributed by atoms with E-state index in [2.05, 4.69) is 10.0 Å². The fourth-order valence-corrected chi connectivity index (χ4v) is 5.50. The first kappa shape index (κ1) is 27.6. The van der Waals surface area contributed by atoms with Gasteiger partial charge in [0.2, 0.25) is 10.0 Å². The van der Waals surface area contributed by atoms with Crippen LogP contribution in [0, 0.1) is 0 Å². The molecule has 36 heavy (non-hydrogen) atoms. The van der Waals surface area contributed by atoms with Crippen molar-refractivity contribution in [3.8, 4) is 17.2 Å². The molecule has 0 radical (unpaired) electrons. The SMILES string of the molecule is COC(=O)c1cc(OC)c(OC)cc1NC(=O)COc1ccc(S(=O)(=O)NC2CCCCC2)cc1Cl. The summed E-state index contributed by atoms with van der Waals surface area (Å²) in [6, 6.07) is 6.76. The number of carbonyl (C=O) groups is 2. The number of ether oxygens (including phenoxy) is 4. The highest BCUT2D eigenvalue weighted by Gasteiger charge is 2.23. The topological polar surface area (TPSA) is 129 Å². The number of esters is 1. The Morgan fingerprint density at radius 2 is 1.64 bits per heavy atom. The second-order valence-electron chi connectivity index (χ2n) is 8.13. The summed E-state index contributed by atoms with van der Waals surface area (Å²) in [5.74, 6) is -0.577. The van der Waals surface area contributed by atoms with E-state index in [0.717, 1.165) is 32.1 Å². The lowest BCUT2D eigenvalue weighted by molar-refractivity contribution is -0.118. The normalized spacial score (nSPS) is 14.1. The van der Waals surface area contributed by atoms with Gasteiger partial charge in [-0.05, 0) is 31.0 Å². The number of rotatable bonds is 10. The number of hydrogen-bond acceptors (Lipinski definition) is 8. The summed E-state index contributed by atoms with van der Waals surface area (Å²) in [6.07, 6.45) is 4.71. The van der Waals surface area contributed by atoms with Crippen LogP contribution in [0.25, 0.3) is 0 Å². The lowest BCUT2D eigenvalue weighted by Crippen LogP contribution is -2.36. The molecular weight excluding hydrogens is 512 g/mol. The van der Waals surface area contributed by atoms with Gasteiger partial charge in [0.05, 0.1) is 42.5 Å². The van der Waals surface area contributed by atoms with Gasteiger partial charge in [-0.25, -0.2) is 17.9 Å². The van der Waals surface area contributed by atoms with Gasteiger partial charge in [0.1, 0.15) is 5.75 Å². The molecule has 0 spiro atoms. The highest BCUT2D eigenvalue weighted by Crippen LogP contribution is 2.34. The number of methoxy groups -OCH3 is 3. The Balaban J connectivity index is 1.68. The molecule has 0 saturated heterocycles. The highest BCUT2D eigenvalue weighted by molar-refractivity contribution is 7.89. The molecule has 2 aromatic carbocycles. The maximum absolute atomic E-state index is 12.7. The van der Waals surface area contributed by atoms with Crippen molar-refractivity contribution in [2.75, 3.05) is 33.3 Å². The molecule has 2 aromatic rings. The summed E-state index contributed by atoms with van der Waals surface area (Å²) in [4.78, 5) is 24.7. The van der Waals surface area contributed by atoms with Crippen molar-refractivity contribution in [1.29, 1.82) is 0 Å². The van der Waals surface area contributed by atoms with Crippen molar-refractivity contribution in [2.24, 2.45) is 0 Å². The number of anilines is 1. The van der Waals surface area contributed by atoms with E-state index < -0.39 is 28.5 Å². The maximum Gasteiger partial charge on any atom is 0.340 e. The number of carbonyl (C=O) groups excluding carboxylic acids is 2. The van der Waals surface area contributed by atoms with E-state index in [1.165, 1.54) is 51.7 Å². The quantitative estimate of drug-likeness (QED) is 0.436. The van der Waals surface area contributed by atoms with Gasteiger partial charge in [-0.1, -0.05) is 30.9 Å². The Morgan fingerprint density at radius 1 is 0.972 bits per heavy atom. The second kappa shape index (κ2) is 12.3. The molecule has 0 atom stereocenters. The van der Waals surface area contributed by atoms with Crippen LogP contribution in [0.15, 0.2) is 35.2 Å². The number of benzene rings is 2. The van der Waals surface area contributed by atoms with Crippen molar-refractivity contribution < 1.29 is 37.0 Å². The molecule has 0 aliphatic heterocycles. The number of halogens is 1. The molecule has 0 unspecified atom stereocenters. The van der Waals surface area contributed by atoms with Crippen LogP contribution >= 0.6 is 11.6 Å². The monoisotopic (exact) mass is 540 g/mol. The summed E-state index contributed by atoms with van der Waals surface area (Å²) in [5, 5.41) is 2.61. The van der Waals surface area contributed by atoms with Crippen LogP contribution < -0.4 is 24.2 Å². The van der Waals surface area contributed by atoms with Crippen LogP contribution in [-0.2, 0) is 19.6 Å². The molecule has 1 saturated carbocycles. The van der Waals surface area contributed by atoms with E-state index in [-0.39, 0.29) is 38.7 Å². The third-order valence-corrected chi connectivity index (χ3v) is 7.52. The van der Waals surface area contributed by atoms with Crippen LogP contribution in [-0.4, -0.2) is 54.3 Å². The average Bonchev–Trinajstić information content (AvgIpc) is 2.87. The fourth-order valence-electron chi connectivity index (χ4n) is 3.86. The molecule has 1 amide bonds. The van der Waals surface area contributed by atoms with Crippen LogP contribution in [0.4, 0.5) is 5.69 Å². The lowest BCUT2D eigenvalue weighted by Gasteiger charge is -2.22. The van der Waals surface area contributed by atoms with Crippen LogP contribution in [0.3, 0.4) is 0 Å². The molecule has 196 valence electrons. The first-order valence-electron chi connectivity index (χ1n) is 11.3. The Morgan fingerprint density at radius 3 is 2.25 bits per heavy atom. The van der Waals surface area contributed by atoms with Gasteiger partial charge in [-0.3, -0.25) is 4.79 Å². The van der Waals surface area contributed by atoms with Crippen molar-refractivity contribution >= 4 is 39.2 Å². The summed E-state index contributed by atoms with van der Waals surface area (Å²) in [6.45, 7) is -0.457. The lowest BCUT2D eigenvalue weighted by atomic mass is 9.96. The van der Waals surface area contributed by atoms with E-state index in [1.807, 2.05) is 0 Å². The molecule has 12 heteroatoms. The summed E-state index contributed by atoms with van der Waals surface area (Å²) in [5.41, 5.74) is 0.191. The molecule has 0 heterocycles. The summed E-state index contributed by atoms with van der Waals surface area (Å²) in [7, 11) is 0.310. The van der Waals surface area contributed by atoms with E-state index in [9.17, 15) is 18.0 Å². The number of amides is 1. The molecule has 1 aliphatic carbocycles. The largest absolute Gasteiger partial charge is 0.493 e. The third kappa shape index (κ3) is 6.80. The smallest absolute Gasteiger partial charge is 0.340 e. The van der Waals surface area contributed by atoms with Crippen molar-refractivity contribution in [1.82, 2.24) is 4.72 Å². The standard InChI is InChI=1S/C24H29ClN2O8S/c1-32-21-12-17(24(29)34-3)19(13-22(21)33-2)26-23(28)14-35-20-10-9-16(11-18(20)25)36(30,31)27-15-7-5-4-6-8-15/h9-13,15,27H,4-8,14H2,1-3H3,(H,26,28). The van der Waals surface area contributed by atoms with Gasteiger partial charge in [-0.15, -0.1) is 0 Å². The van der Waals surface area contributed by atoms with Crippen LogP contribution in [0.5, 0.6) is 17.2 Å². The second-order valence-corrected chi connectivity index (χ2v) is 10.3. The van der Waals surface area contributed by atoms with Gasteiger partial charge in [0, 0.05) is 18.2 Å². The molecule has 3 rings (SSSR count). The number of hydrogen-bond donors (Lipinski definition) is 2. The predicted octanol–water partition coefficient (Wildman–Crippen LogP) is 3.77. The molecule has 1 aliphatic rings. The van der Waals surface area contributed by atoms with Gasteiger partial charge in [0.15, 0.2) is 18.1 Å². The van der Waals surface area contributed by atoms with Gasteiger partial charge >= 0.3 is 5.97 Å². The minimum Gasteiger partial charge on any atom is -0.493 e. The zero-order valence-electron chi connectivity index (χ0n) is 20.3. The first-order valence-corrected chi connectivity index (χ1v) is 13.1. The molecular formula is C24H29ClN2O8S. The van der Waals surface area contributed by atoms with E-state index >= 15 is 0 Å². The minimum atomic E-state index is -3.73. The van der Waals surface area contributed by atoms with Crippen LogP contribution in [0.2, 0.25) is 5.02 Å². The maximum atomic E-state index is 12.7. The minimum absolute atomic E-state index is 0.0166. The van der Waals surface area contributed by atoms with Crippen molar-refractivity contribution in [3.05, 3.63) is 40.9 Å². The van der Waals surface area contributed by atoms with Crippen molar-refractivity contribution in [2.45, 2.75) is 43.0 Å². The summed E-state index contributed by atoms with van der Waals surface area (Å²) < 4.78 is 48.8. The average molecular weight is 541 g/mol. The Bertz CT molecular complexity index is 1210. The molecule has 0 aromatic heterocycles. The van der Waals surface area contributed by atoms with Gasteiger partial charge in [0.25, 0.3) is 5.91 Å². The Kier molecular flexibility index (Phi) is 9.41. The summed E-state index contributed by atoms with van der Waals surface area (Å²) >= 11 is 6.24. The number of sulfonamides is 1. The third-order valence-electron chi connectivity index (χ3n) is 5.70. The first-order chi connectivity index (χ1) is 17.2. The van der Waals surface area contributed by atoms with E-state index in [4.69, 9.17) is 30.5 Å². The molecule has 0 bridgehead atoms. The van der Waals surface area contributed by atoms with Crippen molar-refractivity contribution in [3.63, 3.8) is 0 Å². The number of nitrogens with one attached hydrogen (secondary N) is 2. The van der Waals surface area contributed by atoms with Gasteiger partial charge in [-0.2, -0.15) is 0 Å². The fraction of sp³-hybridized carbons (Fsp3) is 0.417. The zero-order valence-corrected chi connectivity index (χ0v) is 21.8. The molecule has 2 N–H and O–H groups in total. The zero-order chi connectivity index (χ0) is 26.3. The van der Waals surface area contributed by atoms with Crippen LogP contribution in [0.1, 0.15) is 42.5 Å².